The van der Waals surface area contributed by atoms with Crippen LogP contribution in [-0.2, 0) is 4.79 Å². The molecule has 1 saturated carbocycles. The van der Waals surface area contributed by atoms with E-state index in [0.717, 1.165) is 18.8 Å². The van der Waals surface area contributed by atoms with Crippen molar-refractivity contribution in [3.8, 4) is 0 Å². The second kappa shape index (κ2) is 5.17. The van der Waals surface area contributed by atoms with Crippen LogP contribution in [0.1, 0.15) is 52.9 Å². The summed E-state index contributed by atoms with van der Waals surface area (Å²) in [6.07, 6.45) is 5.11. The van der Waals surface area contributed by atoms with E-state index in [9.17, 15) is 4.79 Å². The smallest absolute Gasteiger partial charge is 0.218 e. The Morgan fingerprint density at radius 2 is 1.75 bits per heavy atom. The van der Waals surface area contributed by atoms with Crippen molar-refractivity contribution >= 4 is 5.91 Å². The highest BCUT2D eigenvalue weighted by Gasteiger charge is 2.31. The van der Waals surface area contributed by atoms with Gasteiger partial charge in [-0.05, 0) is 42.9 Å². The Balaban J connectivity index is 2.40. The van der Waals surface area contributed by atoms with E-state index in [-0.39, 0.29) is 11.9 Å². The lowest BCUT2D eigenvalue weighted by Crippen LogP contribution is -2.38. The van der Waals surface area contributed by atoms with Gasteiger partial charge in [-0.25, -0.2) is 0 Å². The van der Waals surface area contributed by atoms with Crippen molar-refractivity contribution in [2.45, 2.75) is 58.9 Å². The first kappa shape index (κ1) is 13.5. The fraction of sp³-hybridized carbons (Fsp3) is 0.923. The van der Waals surface area contributed by atoms with Gasteiger partial charge in [0.15, 0.2) is 0 Å². The van der Waals surface area contributed by atoms with E-state index in [0.29, 0.717) is 17.8 Å². The van der Waals surface area contributed by atoms with Gasteiger partial charge in [-0.3, -0.25) is 4.79 Å². The molecular weight excluding hydrogens is 200 g/mol. The summed E-state index contributed by atoms with van der Waals surface area (Å²) < 4.78 is 0. The summed E-state index contributed by atoms with van der Waals surface area (Å²) >= 11 is 0. The van der Waals surface area contributed by atoms with Crippen LogP contribution in [0.3, 0.4) is 0 Å². The minimum Gasteiger partial charge on any atom is -0.370 e. The topological polar surface area (TPSA) is 69.1 Å². The van der Waals surface area contributed by atoms with E-state index < -0.39 is 0 Å². The lowest BCUT2D eigenvalue weighted by Gasteiger charge is -2.38. The summed E-state index contributed by atoms with van der Waals surface area (Å²) in [7, 11) is 0. The number of carbonyl (C=O) groups is 1. The van der Waals surface area contributed by atoms with Gasteiger partial charge in [0.2, 0.25) is 5.91 Å². The van der Waals surface area contributed by atoms with Crippen LogP contribution in [0, 0.1) is 17.3 Å². The van der Waals surface area contributed by atoms with E-state index in [1.54, 1.807) is 0 Å². The molecule has 16 heavy (non-hydrogen) atoms. The maximum absolute atomic E-state index is 10.8. The van der Waals surface area contributed by atoms with Gasteiger partial charge < -0.3 is 11.5 Å². The molecule has 1 aliphatic carbocycles. The molecular formula is C13H26N2O. The van der Waals surface area contributed by atoms with Gasteiger partial charge >= 0.3 is 0 Å². The molecule has 0 heterocycles. The van der Waals surface area contributed by atoms with Crippen LogP contribution < -0.4 is 11.5 Å². The number of rotatable bonds is 3. The van der Waals surface area contributed by atoms with Crippen LogP contribution in [0.5, 0.6) is 0 Å². The molecule has 1 rings (SSSR count). The summed E-state index contributed by atoms with van der Waals surface area (Å²) in [4.78, 5) is 10.8. The average molecular weight is 226 g/mol. The normalized spacial score (nSPS) is 28.8. The zero-order valence-corrected chi connectivity index (χ0v) is 10.8. The van der Waals surface area contributed by atoms with Crippen molar-refractivity contribution in [1.82, 2.24) is 0 Å². The minimum atomic E-state index is -0.273. The van der Waals surface area contributed by atoms with Gasteiger partial charge in [-0.1, -0.05) is 20.8 Å². The summed E-state index contributed by atoms with van der Waals surface area (Å²) in [6.45, 7) is 6.92. The van der Waals surface area contributed by atoms with Crippen LogP contribution in [0.15, 0.2) is 0 Å². The number of nitrogens with two attached hydrogens (primary N) is 2. The summed E-state index contributed by atoms with van der Waals surface area (Å²) in [5.41, 5.74) is 11.6. The maximum Gasteiger partial charge on any atom is 0.218 e. The van der Waals surface area contributed by atoms with E-state index in [1.165, 1.54) is 12.8 Å². The number of hydrogen-bond acceptors (Lipinski definition) is 2. The highest BCUT2D eigenvalue weighted by Crippen LogP contribution is 2.40. The first-order chi connectivity index (χ1) is 7.30. The van der Waals surface area contributed by atoms with Gasteiger partial charge in [0.25, 0.3) is 0 Å². The van der Waals surface area contributed by atoms with Crippen LogP contribution >= 0.6 is 0 Å². The lowest BCUT2D eigenvalue weighted by molar-refractivity contribution is -0.118. The minimum absolute atomic E-state index is 0.0292. The van der Waals surface area contributed by atoms with Crippen molar-refractivity contribution in [2.75, 3.05) is 0 Å². The molecule has 0 saturated heterocycles. The quantitative estimate of drug-likeness (QED) is 0.773. The molecule has 0 aromatic heterocycles. The molecule has 0 unspecified atom stereocenters. The third kappa shape index (κ3) is 3.78. The highest BCUT2D eigenvalue weighted by molar-refractivity contribution is 5.74. The average Bonchev–Trinajstić information content (AvgIpc) is 2.15. The van der Waals surface area contributed by atoms with E-state index in [2.05, 4.69) is 20.8 Å². The molecule has 94 valence electrons. The Bertz CT molecular complexity index is 237. The van der Waals surface area contributed by atoms with Gasteiger partial charge in [-0.2, -0.15) is 0 Å². The predicted molar refractivity (Wildman–Crippen MR) is 66.7 cm³/mol. The molecule has 1 atom stereocenters. The van der Waals surface area contributed by atoms with Crippen LogP contribution in [0.25, 0.3) is 0 Å². The SMILES string of the molecule is CC(C)(C)C1CCC([C@@H](N)CC(N)=O)CC1. The molecule has 1 amide bonds. The van der Waals surface area contributed by atoms with Crippen LogP contribution in [0.4, 0.5) is 0 Å². The molecule has 0 spiro atoms. The van der Waals surface area contributed by atoms with Gasteiger partial charge in [0, 0.05) is 12.5 Å². The Kier molecular flexibility index (Phi) is 4.36. The Labute approximate surface area is 99.0 Å². The first-order valence-electron chi connectivity index (χ1n) is 6.34. The summed E-state index contributed by atoms with van der Waals surface area (Å²) in [5.74, 6) is 1.01. The van der Waals surface area contributed by atoms with Crippen molar-refractivity contribution in [1.29, 1.82) is 0 Å². The highest BCUT2D eigenvalue weighted by atomic mass is 16.1. The van der Waals surface area contributed by atoms with Crippen molar-refractivity contribution in [2.24, 2.45) is 28.7 Å². The van der Waals surface area contributed by atoms with Gasteiger partial charge in [0.1, 0.15) is 0 Å². The number of carbonyl (C=O) groups excluding carboxylic acids is 1. The van der Waals surface area contributed by atoms with Crippen LogP contribution in [-0.4, -0.2) is 11.9 Å². The van der Waals surface area contributed by atoms with Crippen LogP contribution in [0.2, 0.25) is 0 Å². The number of hydrogen-bond donors (Lipinski definition) is 2. The fourth-order valence-corrected chi connectivity index (χ4v) is 2.81. The molecule has 4 N–H and O–H groups in total. The Morgan fingerprint density at radius 1 is 1.25 bits per heavy atom. The molecule has 0 aromatic carbocycles. The standard InChI is InChI=1S/C13H26N2O/c1-13(2,3)10-6-4-9(5-7-10)11(14)8-12(15)16/h9-11H,4-8,14H2,1-3H3,(H2,15,16)/t9?,10?,11-/m0/s1. The summed E-state index contributed by atoms with van der Waals surface area (Å²) in [5, 5.41) is 0. The second-order valence-corrected chi connectivity index (χ2v) is 6.31. The van der Waals surface area contributed by atoms with E-state index in [4.69, 9.17) is 11.5 Å². The zero-order chi connectivity index (χ0) is 12.3. The molecule has 1 fully saturated rings. The Morgan fingerprint density at radius 3 is 2.12 bits per heavy atom. The molecule has 0 aromatic rings. The fourth-order valence-electron chi connectivity index (χ4n) is 2.81. The lowest BCUT2D eigenvalue weighted by atomic mass is 9.68. The molecule has 0 aliphatic heterocycles. The van der Waals surface area contributed by atoms with E-state index in [1.807, 2.05) is 0 Å². The number of amides is 1. The monoisotopic (exact) mass is 226 g/mol. The van der Waals surface area contributed by atoms with Crippen molar-refractivity contribution < 1.29 is 4.79 Å². The summed E-state index contributed by atoms with van der Waals surface area (Å²) in [6, 6.07) is -0.0292. The molecule has 3 heteroatoms. The molecule has 3 nitrogen and oxygen atoms in total. The largest absolute Gasteiger partial charge is 0.370 e. The van der Waals surface area contributed by atoms with Crippen molar-refractivity contribution in [3.63, 3.8) is 0 Å². The van der Waals surface area contributed by atoms with Gasteiger partial charge in [-0.15, -0.1) is 0 Å². The zero-order valence-electron chi connectivity index (χ0n) is 10.8. The van der Waals surface area contributed by atoms with Gasteiger partial charge in [0.05, 0.1) is 0 Å². The predicted octanol–water partition coefficient (Wildman–Crippen LogP) is 2.04. The van der Waals surface area contributed by atoms with Crippen molar-refractivity contribution in [3.05, 3.63) is 0 Å². The molecule has 0 radical (unpaired) electrons. The second-order valence-electron chi connectivity index (χ2n) is 6.31. The third-order valence-electron chi connectivity index (χ3n) is 4.04. The number of primary amides is 1. The maximum atomic E-state index is 10.8. The molecule has 0 bridgehead atoms. The Hall–Kier alpha value is -0.570. The van der Waals surface area contributed by atoms with E-state index >= 15 is 0 Å². The molecule has 1 aliphatic rings. The first-order valence-corrected chi connectivity index (χ1v) is 6.34. The third-order valence-corrected chi connectivity index (χ3v) is 4.04.